The molecule has 116 valence electrons. The molecule has 21 heavy (non-hydrogen) atoms. The summed E-state index contributed by atoms with van der Waals surface area (Å²) < 4.78 is 0.599. The minimum absolute atomic E-state index is 0.176. The van der Waals surface area contributed by atoms with Crippen molar-refractivity contribution in [2.24, 2.45) is 0 Å². The van der Waals surface area contributed by atoms with Crippen LogP contribution < -0.4 is 10.6 Å². The number of carboxylic acid groups (broad SMARTS) is 1. The van der Waals surface area contributed by atoms with Crippen LogP contribution in [0.3, 0.4) is 0 Å². The summed E-state index contributed by atoms with van der Waals surface area (Å²) in [7, 11) is 0. The zero-order valence-corrected chi connectivity index (χ0v) is 14.6. The van der Waals surface area contributed by atoms with Gasteiger partial charge in [-0.25, -0.2) is 9.59 Å². The number of nitrogens with one attached hydrogen (secondary N) is 2. The third-order valence-electron chi connectivity index (χ3n) is 3.25. The smallest absolute Gasteiger partial charge is 0.329 e. The molecule has 0 aliphatic heterocycles. The second-order valence-corrected chi connectivity index (χ2v) is 6.01. The van der Waals surface area contributed by atoms with Crippen molar-refractivity contribution in [1.82, 2.24) is 5.32 Å². The van der Waals surface area contributed by atoms with Gasteiger partial charge in [0.05, 0.1) is 15.7 Å². The monoisotopic (exact) mass is 396 g/mol. The van der Waals surface area contributed by atoms with Gasteiger partial charge < -0.3 is 15.7 Å². The van der Waals surface area contributed by atoms with Crippen LogP contribution in [-0.2, 0) is 4.79 Å². The highest BCUT2D eigenvalue weighted by atomic mass is 79.9. The second kappa shape index (κ2) is 7.33. The lowest BCUT2D eigenvalue weighted by Crippen LogP contribution is -2.55. The van der Waals surface area contributed by atoms with Gasteiger partial charge in [0.1, 0.15) is 5.54 Å². The van der Waals surface area contributed by atoms with Crippen LogP contribution in [0.4, 0.5) is 10.5 Å². The lowest BCUT2D eigenvalue weighted by molar-refractivity contribution is -0.144. The first-order chi connectivity index (χ1) is 9.77. The third-order valence-corrected chi connectivity index (χ3v) is 5.02. The minimum Gasteiger partial charge on any atom is -0.480 e. The van der Waals surface area contributed by atoms with Crippen molar-refractivity contribution >= 4 is 56.8 Å². The Morgan fingerprint density at radius 3 is 2.29 bits per heavy atom. The molecule has 0 aromatic heterocycles. The largest absolute Gasteiger partial charge is 0.480 e. The number of carbonyl (C=O) groups excluding carboxylic acids is 1. The molecule has 3 N–H and O–H groups in total. The minimum atomic E-state index is -1.31. The maximum Gasteiger partial charge on any atom is 0.329 e. The molecule has 0 spiro atoms. The van der Waals surface area contributed by atoms with E-state index < -0.39 is 17.5 Å². The predicted octanol–water partition coefficient (Wildman–Crippen LogP) is 4.52. The van der Waals surface area contributed by atoms with Crippen LogP contribution in [0.5, 0.6) is 0 Å². The van der Waals surface area contributed by atoms with Crippen molar-refractivity contribution in [2.75, 3.05) is 5.32 Å². The van der Waals surface area contributed by atoms with Gasteiger partial charge in [0.2, 0.25) is 0 Å². The van der Waals surface area contributed by atoms with Crippen molar-refractivity contribution in [2.45, 2.75) is 32.2 Å². The molecule has 0 aliphatic carbocycles. The summed E-state index contributed by atoms with van der Waals surface area (Å²) in [6, 6.07) is 2.55. The number of halogens is 3. The van der Waals surface area contributed by atoms with E-state index in [-0.39, 0.29) is 22.9 Å². The number of urea groups is 1. The number of anilines is 1. The second-order valence-electron chi connectivity index (χ2n) is 4.40. The van der Waals surface area contributed by atoms with Crippen LogP contribution in [0.1, 0.15) is 26.7 Å². The van der Waals surface area contributed by atoms with Gasteiger partial charge in [-0.1, -0.05) is 37.0 Å². The molecule has 2 amide bonds. The molecular weight excluding hydrogens is 383 g/mol. The highest BCUT2D eigenvalue weighted by Crippen LogP contribution is 2.35. The van der Waals surface area contributed by atoms with Crippen molar-refractivity contribution in [1.29, 1.82) is 0 Å². The van der Waals surface area contributed by atoms with Crippen LogP contribution in [0.2, 0.25) is 10.0 Å². The Morgan fingerprint density at radius 1 is 1.24 bits per heavy atom. The van der Waals surface area contributed by atoms with E-state index in [1.165, 1.54) is 0 Å². The fraction of sp³-hybridized carbons (Fsp3) is 0.385. The molecule has 5 nitrogen and oxygen atoms in total. The number of carboxylic acids is 1. The number of amides is 2. The Morgan fingerprint density at radius 2 is 1.81 bits per heavy atom. The maximum atomic E-state index is 12.0. The average Bonchev–Trinajstić information content (AvgIpc) is 2.45. The fourth-order valence-electron chi connectivity index (χ4n) is 1.78. The maximum absolute atomic E-state index is 12.0. The molecule has 0 bridgehead atoms. The van der Waals surface area contributed by atoms with E-state index in [0.29, 0.717) is 10.2 Å². The van der Waals surface area contributed by atoms with Crippen LogP contribution in [0.25, 0.3) is 0 Å². The van der Waals surface area contributed by atoms with Crippen molar-refractivity contribution in [3.8, 4) is 0 Å². The van der Waals surface area contributed by atoms with Crippen LogP contribution in [0, 0.1) is 0 Å². The standard InChI is InChI=1S/C13H15BrCl2N2O3/c1-3-13(4-2,11(19)20)18-12(21)17-8-6-5-7(14)9(15)10(8)16/h5-6H,3-4H2,1-2H3,(H,19,20)(H2,17,18,21). The molecule has 1 aromatic carbocycles. The summed E-state index contributed by atoms with van der Waals surface area (Å²) in [5.41, 5.74) is -1.01. The number of hydrogen-bond acceptors (Lipinski definition) is 2. The highest BCUT2D eigenvalue weighted by molar-refractivity contribution is 9.10. The van der Waals surface area contributed by atoms with Gasteiger partial charge in [0.25, 0.3) is 0 Å². The van der Waals surface area contributed by atoms with Gasteiger partial charge in [-0.05, 0) is 40.9 Å². The summed E-state index contributed by atoms with van der Waals surface area (Å²) in [5, 5.41) is 14.7. The molecule has 0 aliphatic rings. The van der Waals surface area contributed by atoms with Gasteiger partial charge in [-0.3, -0.25) is 0 Å². The Bertz CT molecular complexity index is 563. The predicted molar refractivity (Wildman–Crippen MR) is 87.3 cm³/mol. The molecule has 0 radical (unpaired) electrons. The van der Waals surface area contributed by atoms with Gasteiger partial charge >= 0.3 is 12.0 Å². The highest BCUT2D eigenvalue weighted by Gasteiger charge is 2.36. The zero-order chi connectivity index (χ0) is 16.2. The molecule has 0 saturated heterocycles. The number of carbonyl (C=O) groups is 2. The summed E-state index contributed by atoms with van der Waals surface area (Å²) in [4.78, 5) is 23.3. The first-order valence-electron chi connectivity index (χ1n) is 6.23. The Hall–Kier alpha value is -0.980. The SMILES string of the molecule is CCC(CC)(NC(=O)Nc1ccc(Br)c(Cl)c1Cl)C(=O)O. The summed E-state index contributed by atoms with van der Waals surface area (Å²) in [6.45, 7) is 3.39. The van der Waals surface area contributed by atoms with Crippen molar-refractivity contribution in [3.05, 3.63) is 26.7 Å². The van der Waals surface area contributed by atoms with E-state index in [9.17, 15) is 14.7 Å². The van der Waals surface area contributed by atoms with E-state index in [1.807, 2.05) is 0 Å². The summed E-state index contributed by atoms with van der Waals surface area (Å²) >= 11 is 15.2. The molecule has 1 aromatic rings. The van der Waals surface area contributed by atoms with E-state index in [1.54, 1.807) is 26.0 Å². The Kier molecular flexibility index (Phi) is 6.31. The van der Waals surface area contributed by atoms with Crippen molar-refractivity contribution < 1.29 is 14.7 Å². The lowest BCUT2D eigenvalue weighted by atomic mass is 9.93. The Balaban J connectivity index is 2.92. The summed E-state index contributed by atoms with van der Waals surface area (Å²) in [6.07, 6.45) is 0.530. The average molecular weight is 398 g/mol. The van der Waals surface area contributed by atoms with E-state index in [4.69, 9.17) is 23.2 Å². The normalized spacial score (nSPS) is 11.1. The van der Waals surface area contributed by atoms with Crippen LogP contribution >= 0.6 is 39.1 Å². The van der Waals surface area contributed by atoms with Gasteiger partial charge in [-0.2, -0.15) is 0 Å². The molecule has 0 unspecified atom stereocenters. The number of aliphatic carboxylic acids is 1. The lowest BCUT2D eigenvalue weighted by Gasteiger charge is -2.28. The molecular formula is C13H15BrCl2N2O3. The molecule has 1 rings (SSSR count). The number of rotatable bonds is 5. The first-order valence-corrected chi connectivity index (χ1v) is 7.78. The molecule has 0 heterocycles. The van der Waals surface area contributed by atoms with E-state index in [2.05, 4.69) is 26.6 Å². The Labute approximate surface area is 141 Å². The first kappa shape index (κ1) is 18.1. The molecule has 0 saturated carbocycles. The quantitative estimate of drug-likeness (QED) is 0.639. The van der Waals surface area contributed by atoms with Gasteiger partial charge in [-0.15, -0.1) is 0 Å². The van der Waals surface area contributed by atoms with E-state index in [0.717, 1.165) is 0 Å². The van der Waals surface area contributed by atoms with Gasteiger partial charge in [0, 0.05) is 4.47 Å². The number of hydrogen-bond donors (Lipinski definition) is 3. The van der Waals surface area contributed by atoms with E-state index >= 15 is 0 Å². The summed E-state index contributed by atoms with van der Waals surface area (Å²) in [5.74, 6) is -1.08. The number of benzene rings is 1. The third kappa shape index (κ3) is 4.02. The van der Waals surface area contributed by atoms with Crippen LogP contribution in [0.15, 0.2) is 16.6 Å². The zero-order valence-electron chi connectivity index (χ0n) is 11.5. The topological polar surface area (TPSA) is 78.4 Å². The fourth-order valence-corrected chi connectivity index (χ4v) is 2.60. The molecule has 0 fully saturated rings. The molecule has 8 heteroatoms. The van der Waals surface area contributed by atoms with Crippen LogP contribution in [-0.4, -0.2) is 22.6 Å². The van der Waals surface area contributed by atoms with Gasteiger partial charge in [0.15, 0.2) is 0 Å². The molecule has 0 atom stereocenters. The van der Waals surface area contributed by atoms with Crippen molar-refractivity contribution in [3.63, 3.8) is 0 Å².